The maximum Gasteiger partial charge on any atom is 0.325 e. The highest BCUT2D eigenvalue weighted by atomic mass is 19.1. The van der Waals surface area contributed by atoms with Crippen LogP contribution in [0.3, 0.4) is 0 Å². The van der Waals surface area contributed by atoms with Crippen LogP contribution < -0.4 is 10.6 Å². The number of carbonyl (C=O) groups excluding carboxylic acids is 3. The first-order valence-corrected chi connectivity index (χ1v) is 15.8. The van der Waals surface area contributed by atoms with Gasteiger partial charge < -0.3 is 10.6 Å². The average Bonchev–Trinajstić information content (AvgIpc) is 3.82. The van der Waals surface area contributed by atoms with E-state index in [1.54, 1.807) is 12.1 Å². The summed E-state index contributed by atoms with van der Waals surface area (Å²) in [7, 11) is 0. The number of benzene rings is 4. The lowest BCUT2D eigenvalue weighted by atomic mass is 9.91. The van der Waals surface area contributed by atoms with Gasteiger partial charge in [-0.05, 0) is 65.6 Å². The molecule has 4 amide bonds. The smallest absolute Gasteiger partial charge is 0.325 e. The van der Waals surface area contributed by atoms with E-state index < -0.39 is 17.6 Å². The van der Waals surface area contributed by atoms with Crippen molar-refractivity contribution in [3.05, 3.63) is 137 Å². The Morgan fingerprint density at radius 3 is 2.17 bits per heavy atom. The summed E-state index contributed by atoms with van der Waals surface area (Å²) in [5, 5.41) is 5.90. The first-order chi connectivity index (χ1) is 22.3. The number of aliphatic imine (C=N–C) groups is 1. The molecule has 1 saturated heterocycles. The number of amides is 4. The minimum absolute atomic E-state index is 0.171. The number of hydrogen-bond acceptors (Lipinski definition) is 4. The molecule has 2 aliphatic carbocycles. The maximum atomic E-state index is 14.2. The van der Waals surface area contributed by atoms with Crippen molar-refractivity contribution < 1.29 is 18.8 Å². The van der Waals surface area contributed by atoms with E-state index in [-0.39, 0.29) is 36.0 Å². The third kappa shape index (κ3) is 5.71. The Morgan fingerprint density at radius 2 is 1.54 bits per heavy atom. The van der Waals surface area contributed by atoms with Crippen LogP contribution in [0.25, 0.3) is 0 Å². The van der Waals surface area contributed by atoms with E-state index in [0.29, 0.717) is 12.8 Å². The Labute approximate surface area is 267 Å². The first kappa shape index (κ1) is 29.6. The number of imide groups is 1. The Bertz CT molecular complexity index is 1780. The Balaban J connectivity index is 1.14. The summed E-state index contributed by atoms with van der Waals surface area (Å²) >= 11 is 0. The van der Waals surface area contributed by atoms with E-state index in [2.05, 4.69) is 10.6 Å². The number of hydrogen-bond donors (Lipinski definition) is 2. The molecule has 1 saturated carbocycles. The lowest BCUT2D eigenvalue weighted by Crippen LogP contribution is -2.55. The molecule has 8 heteroatoms. The molecule has 7 nitrogen and oxygen atoms in total. The molecule has 0 aromatic heterocycles. The van der Waals surface area contributed by atoms with Crippen molar-refractivity contribution in [3.63, 3.8) is 0 Å². The minimum Gasteiger partial charge on any atom is -0.350 e. The molecule has 4 aromatic carbocycles. The van der Waals surface area contributed by atoms with Gasteiger partial charge in [-0.3, -0.25) is 9.59 Å². The fraction of sp³-hybridized carbons (Fsp3) is 0.263. The van der Waals surface area contributed by atoms with Crippen LogP contribution >= 0.6 is 0 Å². The predicted molar refractivity (Wildman–Crippen MR) is 174 cm³/mol. The van der Waals surface area contributed by atoms with Gasteiger partial charge in [-0.25, -0.2) is 19.1 Å². The lowest BCUT2D eigenvalue weighted by molar-refractivity contribution is -0.140. The summed E-state index contributed by atoms with van der Waals surface area (Å²) in [5.74, 6) is -1.04. The van der Waals surface area contributed by atoms with E-state index >= 15 is 0 Å². The van der Waals surface area contributed by atoms with Crippen LogP contribution in [-0.2, 0) is 29.0 Å². The molecule has 0 radical (unpaired) electrons. The summed E-state index contributed by atoms with van der Waals surface area (Å²) in [5.41, 5.74) is 5.09. The molecule has 2 fully saturated rings. The zero-order valence-electron chi connectivity index (χ0n) is 25.6. The van der Waals surface area contributed by atoms with Gasteiger partial charge in [0.2, 0.25) is 5.91 Å². The number of urea groups is 1. The van der Waals surface area contributed by atoms with Gasteiger partial charge in [0.05, 0.1) is 11.4 Å². The molecule has 46 heavy (non-hydrogen) atoms. The van der Waals surface area contributed by atoms with Crippen LogP contribution in [0.4, 0.5) is 14.9 Å². The van der Waals surface area contributed by atoms with Crippen molar-refractivity contribution in [3.8, 4) is 0 Å². The third-order valence-corrected chi connectivity index (χ3v) is 9.49. The van der Waals surface area contributed by atoms with Crippen LogP contribution in [0, 0.1) is 17.7 Å². The Hall–Kier alpha value is -5.11. The van der Waals surface area contributed by atoms with E-state index in [0.717, 1.165) is 57.0 Å². The highest BCUT2D eigenvalue weighted by Gasteiger charge is 2.58. The van der Waals surface area contributed by atoms with Crippen molar-refractivity contribution >= 4 is 29.2 Å². The molecule has 1 aliphatic heterocycles. The highest BCUT2D eigenvalue weighted by Crippen LogP contribution is 2.43. The standard InChI is InChI=1S/C38H35FN4O3/c1-24(26-14-15-26)34(35(44)40-23-25-12-17-31(39)18-13-25)43-36(45)38(42-37(43)46)21-29-16-19-32(20-30(29)22-38)41-33(27-8-4-2-5-9-27)28-10-6-3-7-11-28/h2-13,16-20,24,26,34H,14-15,21-23H2,1H3,(H,40,44)(H,42,46)/t24-,34?,38?/m0/s1. The van der Waals surface area contributed by atoms with Gasteiger partial charge in [0.1, 0.15) is 17.4 Å². The Morgan fingerprint density at radius 1 is 0.913 bits per heavy atom. The van der Waals surface area contributed by atoms with Crippen LogP contribution in [0.5, 0.6) is 0 Å². The molecule has 2 unspecified atom stereocenters. The normalized spacial score (nSPS) is 19.8. The maximum absolute atomic E-state index is 14.2. The second-order valence-electron chi connectivity index (χ2n) is 12.7. The van der Waals surface area contributed by atoms with E-state index in [1.807, 2.05) is 85.8 Å². The molecule has 7 rings (SSSR count). The second kappa shape index (κ2) is 12.0. The third-order valence-electron chi connectivity index (χ3n) is 9.49. The van der Waals surface area contributed by atoms with Gasteiger partial charge in [0.15, 0.2) is 0 Å². The van der Waals surface area contributed by atoms with E-state index in [9.17, 15) is 18.8 Å². The summed E-state index contributed by atoms with van der Waals surface area (Å²) < 4.78 is 13.4. The van der Waals surface area contributed by atoms with Crippen LogP contribution in [0.2, 0.25) is 0 Å². The number of nitrogens with one attached hydrogen (secondary N) is 2. The Kier molecular flexibility index (Phi) is 7.72. The highest BCUT2D eigenvalue weighted by molar-refractivity contribution is 6.14. The van der Waals surface area contributed by atoms with Crippen molar-refractivity contribution in [2.45, 2.75) is 50.7 Å². The van der Waals surface area contributed by atoms with Gasteiger partial charge in [-0.2, -0.15) is 0 Å². The van der Waals surface area contributed by atoms with Gasteiger partial charge in [0, 0.05) is 30.5 Å². The quantitative estimate of drug-likeness (QED) is 0.176. The minimum atomic E-state index is -1.15. The van der Waals surface area contributed by atoms with Crippen LogP contribution in [-0.4, -0.2) is 40.0 Å². The van der Waals surface area contributed by atoms with Gasteiger partial charge in [-0.1, -0.05) is 85.8 Å². The summed E-state index contributed by atoms with van der Waals surface area (Å²) in [4.78, 5) is 47.7. The SMILES string of the molecule is C[C@@H](C1CC1)C(C(=O)NCc1ccc(F)cc1)N1C(=O)NC2(Cc3ccc(N=C(c4ccccc4)c4ccccc4)cc3C2)C1=O. The first-order valence-electron chi connectivity index (χ1n) is 15.8. The summed E-state index contributed by atoms with van der Waals surface area (Å²) in [6.45, 7) is 2.11. The molecule has 1 spiro atoms. The fourth-order valence-electron chi connectivity index (χ4n) is 6.85. The van der Waals surface area contributed by atoms with Crippen molar-refractivity contribution in [2.24, 2.45) is 16.8 Å². The molecular weight excluding hydrogens is 579 g/mol. The number of carbonyl (C=O) groups is 3. The van der Waals surface area contributed by atoms with Crippen molar-refractivity contribution in [2.75, 3.05) is 0 Å². The molecule has 4 aromatic rings. The van der Waals surface area contributed by atoms with Crippen molar-refractivity contribution in [1.82, 2.24) is 15.5 Å². The van der Waals surface area contributed by atoms with Gasteiger partial charge in [0.25, 0.3) is 5.91 Å². The molecule has 2 N–H and O–H groups in total. The number of nitrogens with zero attached hydrogens (tertiary/aromatic N) is 2. The van der Waals surface area contributed by atoms with Crippen LogP contribution in [0.1, 0.15) is 47.6 Å². The molecule has 0 bridgehead atoms. The largest absolute Gasteiger partial charge is 0.350 e. The molecule has 3 atom stereocenters. The zero-order chi connectivity index (χ0) is 31.8. The topological polar surface area (TPSA) is 90.9 Å². The zero-order valence-corrected chi connectivity index (χ0v) is 25.6. The van der Waals surface area contributed by atoms with E-state index in [1.165, 1.54) is 12.1 Å². The van der Waals surface area contributed by atoms with Crippen molar-refractivity contribution in [1.29, 1.82) is 0 Å². The number of fused-ring (bicyclic) bond motifs is 1. The molecule has 1 heterocycles. The van der Waals surface area contributed by atoms with E-state index in [4.69, 9.17) is 4.99 Å². The van der Waals surface area contributed by atoms with Gasteiger partial charge >= 0.3 is 6.03 Å². The summed E-state index contributed by atoms with van der Waals surface area (Å²) in [6.07, 6.45) is 2.58. The number of halogens is 1. The molecular formula is C38H35FN4O3. The summed E-state index contributed by atoms with van der Waals surface area (Å²) in [6, 6.07) is 30.4. The van der Waals surface area contributed by atoms with Crippen LogP contribution in [0.15, 0.2) is 108 Å². The average molecular weight is 615 g/mol. The monoisotopic (exact) mass is 614 g/mol. The predicted octanol–water partition coefficient (Wildman–Crippen LogP) is 6.12. The number of rotatable bonds is 9. The molecule has 232 valence electrons. The second-order valence-corrected chi connectivity index (χ2v) is 12.7. The fourth-order valence-corrected chi connectivity index (χ4v) is 6.85. The lowest BCUT2D eigenvalue weighted by Gasteiger charge is -2.30. The van der Waals surface area contributed by atoms with Gasteiger partial charge in [-0.15, -0.1) is 0 Å². The molecule has 3 aliphatic rings.